The number of benzene rings is 2. The van der Waals surface area contributed by atoms with E-state index in [1.165, 1.54) is 31.5 Å². The highest BCUT2D eigenvalue weighted by atomic mass is 16.1. The summed E-state index contributed by atoms with van der Waals surface area (Å²) < 4.78 is 0. The highest BCUT2D eigenvalue weighted by molar-refractivity contribution is 5.94. The van der Waals surface area contributed by atoms with Crippen molar-refractivity contribution in [3.63, 3.8) is 0 Å². The number of nitrogens with zero attached hydrogens (tertiary/aromatic N) is 1. The van der Waals surface area contributed by atoms with Gasteiger partial charge in [0.25, 0.3) is 0 Å². The van der Waals surface area contributed by atoms with E-state index in [0.717, 1.165) is 23.2 Å². The number of hydrogen-bond donors (Lipinski definition) is 0. The first-order valence-electron chi connectivity index (χ1n) is 9.36. The van der Waals surface area contributed by atoms with E-state index in [2.05, 4.69) is 54.9 Å². The summed E-state index contributed by atoms with van der Waals surface area (Å²) in [5, 5.41) is 0. The molecule has 1 heterocycles. The van der Waals surface area contributed by atoms with Crippen LogP contribution in [0.15, 0.2) is 48.5 Å². The third-order valence-electron chi connectivity index (χ3n) is 4.98. The second-order valence-corrected chi connectivity index (χ2v) is 8.06. The fraction of sp³-hybridized carbons (Fsp3) is 0.375. The van der Waals surface area contributed by atoms with Crippen molar-refractivity contribution in [2.24, 2.45) is 5.41 Å². The minimum atomic E-state index is 0.0807. The van der Waals surface area contributed by atoms with E-state index in [1.54, 1.807) is 6.92 Å². The van der Waals surface area contributed by atoms with Crippen molar-refractivity contribution in [3.8, 4) is 11.8 Å². The van der Waals surface area contributed by atoms with E-state index in [1.807, 2.05) is 24.3 Å². The first kappa shape index (κ1) is 18.4. The zero-order valence-corrected chi connectivity index (χ0v) is 16.0. The zero-order valence-electron chi connectivity index (χ0n) is 16.0. The van der Waals surface area contributed by atoms with Crippen LogP contribution < -0.4 is 0 Å². The molecular weight excluding hydrogens is 318 g/mol. The molecule has 0 atom stereocenters. The highest BCUT2D eigenvalue weighted by Crippen LogP contribution is 2.29. The summed E-state index contributed by atoms with van der Waals surface area (Å²) in [7, 11) is 0. The Labute approximate surface area is 157 Å². The predicted molar refractivity (Wildman–Crippen MR) is 107 cm³/mol. The third-order valence-corrected chi connectivity index (χ3v) is 4.98. The molecule has 134 valence electrons. The maximum Gasteiger partial charge on any atom is 0.159 e. The standard InChI is InChI=1S/C24H27NO/c1-19(26)23-13-11-21(12-14-23)6-5-20-7-9-22(10-8-20)17-25-16-4-15-24(2,3)18-25/h7-14H,4,15-18H2,1-3H3. The second-order valence-electron chi connectivity index (χ2n) is 8.06. The molecule has 3 rings (SSSR count). The molecule has 26 heavy (non-hydrogen) atoms. The van der Waals surface area contributed by atoms with Gasteiger partial charge in [0.1, 0.15) is 0 Å². The summed E-state index contributed by atoms with van der Waals surface area (Å²) in [5.74, 6) is 6.45. The van der Waals surface area contributed by atoms with Gasteiger partial charge in [-0.1, -0.05) is 50.0 Å². The Balaban J connectivity index is 1.62. The molecule has 0 N–H and O–H groups in total. The number of hydrogen-bond acceptors (Lipinski definition) is 2. The van der Waals surface area contributed by atoms with Gasteiger partial charge in [-0.15, -0.1) is 0 Å². The summed E-state index contributed by atoms with van der Waals surface area (Å²) in [6.45, 7) is 9.68. The molecule has 1 fully saturated rings. The average Bonchev–Trinajstić information content (AvgIpc) is 2.61. The molecule has 0 saturated carbocycles. The Bertz CT molecular complexity index is 819. The van der Waals surface area contributed by atoms with E-state index in [0.29, 0.717) is 5.41 Å². The van der Waals surface area contributed by atoms with Crippen LogP contribution in [0, 0.1) is 17.3 Å². The van der Waals surface area contributed by atoms with Crippen LogP contribution >= 0.6 is 0 Å². The Morgan fingerprint density at radius 2 is 1.58 bits per heavy atom. The van der Waals surface area contributed by atoms with Crippen LogP contribution in [0.5, 0.6) is 0 Å². The lowest BCUT2D eigenvalue weighted by atomic mass is 9.84. The Hall–Kier alpha value is -2.37. The lowest BCUT2D eigenvalue weighted by Crippen LogP contribution is -2.39. The summed E-state index contributed by atoms with van der Waals surface area (Å²) in [4.78, 5) is 13.9. The number of ketones is 1. The van der Waals surface area contributed by atoms with Gasteiger partial charge in [0, 0.05) is 29.8 Å². The monoisotopic (exact) mass is 345 g/mol. The SMILES string of the molecule is CC(=O)c1ccc(C#Cc2ccc(CN3CCCC(C)(C)C3)cc2)cc1. The Morgan fingerprint density at radius 1 is 1.00 bits per heavy atom. The normalized spacial score (nSPS) is 16.6. The summed E-state index contributed by atoms with van der Waals surface area (Å²) in [5.41, 5.74) is 4.44. The van der Waals surface area contributed by atoms with Crippen molar-refractivity contribution < 1.29 is 4.79 Å². The van der Waals surface area contributed by atoms with Gasteiger partial charge in [-0.25, -0.2) is 0 Å². The molecule has 0 aromatic heterocycles. The number of Topliss-reactive ketones (excluding diaryl/α,β-unsaturated/α-hetero) is 1. The van der Waals surface area contributed by atoms with Gasteiger partial charge < -0.3 is 0 Å². The van der Waals surface area contributed by atoms with Crippen LogP contribution in [-0.4, -0.2) is 23.8 Å². The second kappa shape index (κ2) is 7.89. The molecular formula is C24H27NO. The van der Waals surface area contributed by atoms with Gasteiger partial charge >= 0.3 is 0 Å². The average molecular weight is 345 g/mol. The molecule has 2 heteroatoms. The van der Waals surface area contributed by atoms with E-state index in [9.17, 15) is 4.79 Å². The van der Waals surface area contributed by atoms with Crippen LogP contribution in [0.25, 0.3) is 0 Å². The molecule has 2 aromatic carbocycles. The van der Waals surface area contributed by atoms with Crippen molar-refractivity contribution in [2.75, 3.05) is 13.1 Å². The van der Waals surface area contributed by atoms with Gasteiger partial charge in [0.2, 0.25) is 0 Å². The first-order chi connectivity index (χ1) is 12.4. The zero-order chi connectivity index (χ0) is 18.6. The van der Waals surface area contributed by atoms with Gasteiger partial charge in [-0.2, -0.15) is 0 Å². The molecule has 0 amide bonds. The molecule has 2 nitrogen and oxygen atoms in total. The first-order valence-corrected chi connectivity index (χ1v) is 9.36. The van der Waals surface area contributed by atoms with Crippen molar-refractivity contribution >= 4 is 5.78 Å². The Kier molecular flexibility index (Phi) is 5.59. The van der Waals surface area contributed by atoms with Gasteiger partial charge in [-0.05, 0) is 61.6 Å². The molecule has 1 aliphatic heterocycles. The number of rotatable bonds is 3. The smallest absolute Gasteiger partial charge is 0.159 e. The maximum absolute atomic E-state index is 11.3. The quantitative estimate of drug-likeness (QED) is 0.582. The summed E-state index contributed by atoms with van der Waals surface area (Å²) >= 11 is 0. The molecule has 0 radical (unpaired) electrons. The van der Waals surface area contributed by atoms with Gasteiger partial charge in [0.15, 0.2) is 5.78 Å². The van der Waals surface area contributed by atoms with Crippen LogP contribution in [0.3, 0.4) is 0 Å². The molecule has 0 bridgehead atoms. The summed E-state index contributed by atoms with van der Waals surface area (Å²) in [6.07, 6.45) is 2.62. The lowest BCUT2D eigenvalue weighted by Gasteiger charge is -2.38. The van der Waals surface area contributed by atoms with Crippen LogP contribution in [0.2, 0.25) is 0 Å². The predicted octanol–water partition coefficient (Wildman–Crippen LogP) is 4.91. The van der Waals surface area contributed by atoms with E-state index in [-0.39, 0.29) is 5.78 Å². The lowest BCUT2D eigenvalue weighted by molar-refractivity contribution is 0.101. The van der Waals surface area contributed by atoms with E-state index in [4.69, 9.17) is 0 Å². The van der Waals surface area contributed by atoms with E-state index >= 15 is 0 Å². The largest absolute Gasteiger partial charge is 0.299 e. The third kappa shape index (κ3) is 5.07. The van der Waals surface area contributed by atoms with Crippen LogP contribution in [-0.2, 0) is 6.54 Å². The fourth-order valence-electron chi connectivity index (χ4n) is 3.56. The number of carbonyl (C=O) groups is 1. The molecule has 0 aliphatic carbocycles. The molecule has 2 aromatic rings. The van der Waals surface area contributed by atoms with Crippen LogP contribution in [0.1, 0.15) is 60.7 Å². The topological polar surface area (TPSA) is 20.3 Å². The van der Waals surface area contributed by atoms with Crippen molar-refractivity contribution in [3.05, 3.63) is 70.8 Å². The van der Waals surface area contributed by atoms with Crippen LogP contribution in [0.4, 0.5) is 0 Å². The maximum atomic E-state index is 11.3. The Morgan fingerprint density at radius 3 is 2.12 bits per heavy atom. The minimum Gasteiger partial charge on any atom is -0.299 e. The summed E-state index contributed by atoms with van der Waals surface area (Å²) in [6, 6.07) is 16.0. The van der Waals surface area contributed by atoms with Gasteiger partial charge in [-0.3, -0.25) is 9.69 Å². The molecule has 1 aliphatic rings. The fourth-order valence-corrected chi connectivity index (χ4v) is 3.56. The van der Waals surface area contributed by atoms with Crippen molar-refractivity contribution in [1.82, 2.24) is 4.90 Å². The van der Waals surface area contributed by atoms with Crippen molar-refractivity contribution in [1.29, 1.82) is 0 Å². The van der Waals surface area contributed by atoms with Crippen molar-refractivity contribution in [2.45, 2.75) is 40.2 Å². The molecule has 1 saturated heterocycles. The number of piperidine rings is 1. The minimum absolute atomic E-state index is 0.0807. The number of likely N-dealkylation sites (tertiary alicyclic amines) is 1. The highest BCUT2D eigenvalue weighted by Gasteiger charge is 2.25. The molecule has 0 spiro atoms. The number of carbonyl (C=O) groups excluding carboxylic acids is 1. The van der Waals surface area contributed by atoms with E-state index < -0.39 is 0 Å². The van der Waals surface area contributed by atoms with Gasteiger partial charge in [0.05, 0.1) is 0 Å². The molecule has 0 unspecified atom stereocenters.